The molecule has 0 amide bonds. The molecule has 0 spiro atoms. The molecule has 0 heterocycles. The molecule has 0 bridgehead atoms. The van der Waals surface area contributed by atoms with Gasteiger partial charge in [0.15, 0.2) is 5.78 Å². The fourth-order valence-electron chi connectivity index (χ4n) is 2.32. The van der Waals surface area contributed by atoms with Crippen molar-refractivity contribution in [1.82, 2.24) is 0 Å². The Balaban J connectivity index is 2.39. The SMILES string of the molecule is CCCOP(=O)(OCCC)C(Nc1ccc(Cl)cc1)c1ccc(Br)cc1. The molecular formula is C19H24BrClNO3P. The zero-order valence-corrected chi connectivity index (χ0v) is 18.2. The summed E-state index contributed by atoms with van der Waals surface area (Å²) in [5, 5.41) is 3.96. The highest BCUT2D eigenvalue weighted by Gasteiger charge is 2.37. The largest absolute Gasteiger partial charge is 0.368 e. The van der Waals surface area contributed by atoms with E-state index in [1.807, 2.05) is 50.2 Å². The first-order chi connectivity index (χ1) is 12.5. The molecule has 0 aliphatic rings. The van der Waals surface area contributed by atoms with Gasteiger partial charge in [-0.05, 0) is 54.8 Å². The highest BCUT2D eigenvalue weighted by Crippen LogP contribution is 2.61. The molecule has 0 radical (unpaired) electrons. The molecule has 142 valence electrons. The molecule has 1 atom stereocenters. The van der Waals surface area contributed by atoms with Crippen molar-refractivity contribution in [2.75, 3.05) is 18.5 Å². The van der Waals surface area contributed by atoms with Crippen molar-refractivity contribution in [1.29, 1.82) is 0 Å². The second-order valence-corrected chi connectivity index (χ2v) is 9.28. The Kier molecular flexibility index (Phi) is 8.65. The van der Waals surface area contributed by atoms with Gasteiger partial charge in [-0.15, -0.1) is 0 Å². The minimum atomic E-state index is -3.44. The highest BCUT2D eigenvalue weighted by molar-refractivity contribution is 9.10. The van der Waals surface area contributed by atoms with Crippen LogP contribution >= 0.6 is 35.1 Å². The summed E-state index contributed by atoms with van der Waals surface area (Å²) < 4.78 is 26.1. The van der Waals surface area contributed by atoms with Gasteiger partial charge in [0.05, 0.1) is 13.2 Å². The van der Waals surface area contributed by atoms with E-state index in [1.54, 1.807) is 12.1 Å². The zero-order valence-electron chi connectivity index (χ0n) is 15.0. The molecule has 1 N–H and O–H groups in total. The Labute approximate surface area is 168 Å². The summed E-state index contributed by atoms with van der Waals surface area (Å²) in [5.74, 6) is -0.616. The number of hydrogen-bond acceptors (Lipinski definition) is 4. The third-order valence-electron chi connectivity index (χ3n) is 3.60. The van der Waals surface area contributed by atoms with E-state index in [-0.39, 0.29) is 0 Å². The molecule has 4 nitrogen and oxygen atoms in total. The Morgan fingerprint density at radius 1 is 1.00 bits per heavy atom. The molecular weight excluding hydrogens is 437 g/mol. The monoisotopic (exact) mass is 459 g/mol. The van der Waals surface area contributed by atoms with Crippen molar-refractivity contribution in [3.8, 4) is 0 Å². The van der Waals surface area contributed by atoms with Gasteiger partial charge in [-0.2, -0.15) is 0 Å². The van der Waals surface area contributed by atoms with E-state index in [1.165, 1.54) is 0 Å². The number of halogens is 2. The van der Waals surface area contributed by atoms with E-state index in [0.29, 0.717) is 18.2 Å². The van der Waals surface area contributed by atoms with Crippen LogP contribution < -0.4 is 5.32 Å². The van der Waals surface area contributed by atoms with Crippen LogP contribution in [-0.2, 0) is 13.6 Å². The molecule has 2 rings (SSSR count). The first-order valence-electron chi connectivity index (χ1n) is 8.65. The third-order valence-corrected chi connectivity index (χ3v) is 6.53. The summed E-state index contributed by atoms with van der Waals surface area (Å²) in [4.78, 5) is 0. The van der Waals surface area contributed by atoms with Crippen LogP contribution in [0, 0.1) is 0 Å². The van der Waals surface area contributed by atoms with Crippen molar-refractivity contribution in [2.45, 2.75) is 32.5 Å². The summed E-state index contributed by atoms with van der Waals surface area (Å²) in [7, 11) is -3.44. The van der Waals surface area contributed by atoms with Gasteiger partial charge in [0.1, 0.15) is 0 Å². The molecule has 2 aromatic carbocycles. The maximum Gasteiger partial charge on any atom is 0.357 e. The first kappa shape index (κ1) is 21.5. The van der Waals surface area contributed by atoms with E-state index < -0.39 is 13.4 Å². The zero-order chi connectivity index (χ0) is 19.0. The lowest BCUT2D eigenvalue weighted by atomic mass is 10.2. The lowest BCUT2D eigenvalue weighted by Crippen LogP contribution is -2.16. The van der Waals surface area contributed by atoms with E-state index in [0.717, 1.165) is 28.6 Å². The number of hydrogen-bond donors (Lipinski definition) is 1. The van der Waals surface area contributed by atoms with Gasteiger partial charge in [-0.25, -0.2) is 0 Å². The van der Waals surface area contributed by atoms with E-state index in [4.69, 9.17) is 20.6 Å². The Bertz CT molecular complexity index is 713. The van der Waals surface area contributed by atoms with E-state index >= 15 is 0 Å². The second kappa shape index (κ2) is 10.5. The van der Waals surface area contributed by atoms with Crippen LogP contribution in [0.5, 0.6) is 0 Å². The average molecular weight is 461 g/mol. The van der Waals surface area contributed by atoms with Gasteiger partial charge < -0.3 is 14.4 Å². The maximum absolute atomic E-state index is 13.6. The van der Waals surface area contributed by atoms with Crippen molar-refractivity contribution < 1.29 is 13.6 Å². The molecule has 0 aromatic heterocycles. The number of benzene rings is 2. The normalized spacial score (nSPS) is 12.8. The third kappa shape index (κ3) is 6.11. The molecule has 0 saturated carbocycles. The predicted molar refractivity (Wildman–Crippen MR) is 112 cm³/mol. The van der Waals surface area contributed by atoms with Crippen LogP contribution in [-0.4, -0.2) is 13.2 Å². The maximum atomic E-state index is 13.6. The Morgan fingerprint density at radius 3 is 2.04 bits per heavy atom. The lowest BCUT2D eigenvalue weighted by molar-refractivity contribution is 0.199. The molecule has 26 heavy (non-hydrogen) atoms. The van der Waals surface area contributed by atoms with Gasteiger partial charge in [0.25, 0.3) is 0 Å². The van der Waals surface area contributed by atoms with Crippen LogP contribution in [0.15, 0.2) is 53.0 Å². The van der Waals surface area contributed by atoms with Gasteiger partial charge >= 0.3 is 7.60 Å². The molecule has 7 heteroatoms. The van der Waals surface area contributed by atoms with Crippen LogP contribution in [0.2, 0.25) is 5.02 Å². The van der Waals surface area contributed by atoms with Crippen LogP contribution in [0.4, 0.5) is 5.69 Å². The number of anilines is 1. The minimum Gasteiger partial charge on any atom is -0.368 e. The van der Waals surface area contributed by atoms with Gasteiger partial charge in [-0.3, -0.25) is 4.57 Å². The fraction of sp³-hybridized carbons (Fsp3) is 0.368. The fourth-order valence-corrected chi connectivity index (χ4v) is 4.80. The first-order valence-corrected chi connectivity index (χ1v) is 11.4. The summed E-state index contributed by atoms with van der Waals surface area (Å²) in [6.07, 6.45) is 1.51. The smallest absolute Gasteiger partial charge is 0.357 e. The standard InChI is InChI=1S/C19H24BrClNO3P/c1-3-13-24-26(23,25-14-4-2)19(15-5-7-16(20)8-6-15)22-18-11-9-17(21)10-12-18/h5-12,19,22H,3-4,13-14H2,1-2H3. The van der Waals surface area contributed by atoms with Crippen molar-refractivity contribution in [3.63, 3.8) is 0 Å². The van der Waals surface area contributed by atoms with E-state index in [9.17, 15) is 4.57 Å². The lowest BCUT2D eigenvalue weighted by Gasteiger charge is -2.29. The number of nitrogens with one attached hydrogen (secondary N) is 1. The average Bonchev–Trinajstić information content (AvgIpc) is 2.65. The van der Waals surface area contributed by atoms with Crippen molar-refractivity contribution in [2.24, 2.45) is 0 Å². The molecule has 0 fully saturated rings. The number of rotatable bonds is 10. The van der Waals surface area contributed by atoms with E-state index in [2.05, 4.69) is 21.2 Å². The Hall–Kier alpha value is -0.840. The Morgan fingerprint density at radius 2 is 1.54 bits per heavy atom. The summed E-state index contributed by atoms with van der Waals surface area (Å²) in [6.45, 7) is 4.70. The van der Waals surface area contributed by atoms with Crippen LogP contribution in [0.3, 0.4) is 0 Å². The van der Waals surface area contributed by atoms with Crippen molar-refractivity contribution in [3.05, 3.63) is 63.6 Å². The molecule has 2 aromatic rings. The van der Waals surface area contributed by atoms with Crippen LogP contribution in [0.1, 0.15) is 38.0 Å². The topological polar surface area (TPSA) is 47.6 Å². The molecule has 1 unspecified atom stereocenters. The summed E-state index contributed by atoms with van der Waals surface area (Å²) >= 11 is 9.41. The summed E-state index contributed by atoms with van der Waals surface area (Å²) in [5.41, 5.74) is 1.63. The minimum absolute atomic E-state index is 0.371. The summed E-state index contributed by atoms with van der Waals surface area (Å²) in [6, 6.07) is 14.9. The van der Waals surface area contributed by atoms with Gasteiger partial charge in [0.2, 0.25) is 0 Å². The molecule has 0 aliphatic heterocycles. The van der Waals surface area contributed by atoms with Gasteiger partial charge in [-0.1, -0.05) is 53.5 Å². The van der Waals surface area contributed by atoms with Crippen LogP contribution in [0.25, 0.3) is 0 Å². The molecule has 0 aliphatic carbocycles. The van der Waals surface area contributed by atoms with Crippen molar-refractivity contribution >= 4 is 40.8 Å². The molecule has 0 saturated heterocycles. The van der Waals surface area contributed by atoms with Gasteiger partial charge in [0, 0.05) is 15.2 Å². The highest BCUT2D eigenvalue weighted by atomic mass is 79.9. The predicted octanol–water partition coefficient (Wildman–Crippen LogP) is 7.26. The quantitative estimate of drug-likeness (QED) is 0.379. The second-order valence-electron chi connectivity index (χ2n) is 5.81.